The molecule has 328 valence electrons. The first-order valence-electron chi connectivity index (χ1n) is 22.2. The molecule has 0 bridgehead atoms. The fourth-order valence-corrected chi connectivity index (χ4v) is 9.14. The van der Waals surface area contributed by atoms with E-state index >= 15 is 0 Å². The maximum atomic E-state index is 12.7. The number of benzene rings is 4. The van der Waals surface area contributed by atoms with Crippen LogP contribution in [0.1, 0.15) is 53.4 Å². The lowest BCUT2D eigenvalue weighted by Crippen LogP contribution is -2.45. The Morgan fingerprint density at radius 1 is 0.703 bits per heavy atom. The Morgan fingerprint density at radius 2 is 1.25 bits per heavy atom. The van der Waals surface area contributed by atoms with Gasteiger partial charge in [0.05, 0.1) is 22.1 Å². The summed E-state index contributed by atoms with van der Waals surface area (Å²) >= 11 is 0. The van der Waals surface area contributed by atoms with E-state index in [1.807, 2.05) is 31.7 Å². The van der Waals surface area contributed by atoms with E-state index in [0.29, 0.717) is 13.1 Å². The second kappa shape index (κ2) is 17.7. The number of piperidine rings is 2. The number of aromatic nitrogens is 6. The van der Waals surface area contributed by atoms with Crippen molar-refractivity contribution in [3.05, 3.63) is 110 Å². The van der Waals surface area contributed by atoms with Crippen molar-refractivity contribution in [2.24, 2.45) is 14.1 Å². The molecule has 4 aromatic heterocycles. The normalized spacial score (nSPS) is 15.1. The summed E-state index contributed by atoms with van der Waals surface area (Å²) < 4.78 is 9.78. The molecule has 13 nitrogen and oxygen atoms in total. The minimum atomic E-state index is -0.475. The number of nitrogens with one attached hydrogen (secondary N) is 2. The number of amides is 2. The third kappa shape index (κ3) is 8.98. The highest BCUT2D eigenvalue weighted by Gasteiger charge is 2.28. The summed E-state index contributed by atoms with van der Waals surface area (Å²) in [5.74, 6) is 0.0639. The number of likely N-dealkylation sites (tertiary alicyclic amines) is 1. The van der Waals surface area contributed by atoms with Gasteiger partial charge in [0.15, 0.2) is 0 Å². The van der Waals surface area contributed by atoms with Crippen molar-refractivity contribution in [3.8, 4) is 22.3 Å². The van der Waals surface area contributed by atoms with E-state index in [9.17, 15) is 9.59 Å². The van der Waals surface area contributed by atoms with Crippen LogP contribution in [0.5, 0.6) is 0 Å². The second-order valence-electron chi connectivity index (χ2n) is 18.0. The number of aryl methyl sites for hydroxylation is 2. The summed E-state index contributed by atoms with van der Waals surface area (Å²) in [6.45, 7) is 10.6. The summed E-state index contributed by atoms with van der Waals surface area (Å²) in [6, 6.07) is 26.0. The molecule has 2 fully saturated rings. The van der Waals surface area contributed by atoms with Gasteiger partial charge in [0, 0.05) is 117 Å². The summed E-state index contributed by atoms with van der Waals surface area (Å²) in [5, 5.41) is 9.48. The number of rotatable bonds is 6. The number of hydrogen-bond donors (Lipinski definition) is 2. The Labute approximate surface area is 373 Å². The molecular formula is C51H56N10O3. The van der Waals surface area contributed by atoms with E-state index in [2.05, 4.69) is 133 Å². The highest BCUT2D eigenvalue weighted by molar-refractivity contribution is 6.01. The molecule has 0 unspecified atom stereocenters. The molecule has 0 aliphatic carbocycles. The number of carbonyl (C=O) groups excluding carboxylic acids is 2. The predicted molar refractivity (Wildman–Crippen MR) is 256 cm³/mol. The number of ether oxygens (including phenoxy) is 1. The average molecular weight is 857 g/mol. The van der Waals surface area contributed by atoms with Gasteiger partial charge in [-0.3, -0.25) is 24.7 Å². The lowest BCUT2D eigenvalue weighted by Gasteiger charge is -2.34. The molecule has 8 aromatic rings. The molecule has 0 spiro atoms. The van der Waals surface area contributed by atoms with Crippen LogP contribution < -0.4 is 15.5 Å². The van der Waals surface area contributed by atoms with E-state index in [-0.39, 0.29) is 24.1 Å². The van der Waals surface area contributed by atoms with Gasteiger partial charge in [0.2, 0.25) is 5.91 Å². The van der Waals surface area contributed by atoms with Gasteiger partial charge in [-0.1, -0.05) is 24.3 Å². The van der Waals surface area contributed by atoms with Crippen LogP contribution in [-0.4, -0.2) is 89.8 Å². The van der Waals surface area contributed by atoms with Gasteiger partial charge in [-0.25, -0.2) is 4.79 Å². The Hall–Kier alpha value is -6.86. The third-order valence-corrected chi connectivity index (χ3v) is 12.3. The molecule has 2 amide bonds. The number of anilines is 2. The summed E-state index contributed by atoms with van der Waals surface area (Å²) in [7, 11) is 4.11. The zero-order chi connectivity index (χ0) is 44.5. The van der Waals surface area contributed by atoms with Gasteiger partial charge in [0.1, 0.15) is 5.60 Å². The molecule has 2 saturated heterocycles. The van der Waals surface area contributed by atoms with E-state index in [4.69, 9.17) is 4.74 Å². The molecule has 2 N–H and O–H groups in total. The molecule has 10 rings (SSSR count). The van der Waals surface area contributed by atoms with Crippen LogP contribution in [-0.2, 0) is 23.6 Å². The third-order valence-electron chi connectivity index (χ3n) is 12.3. The largest absolute Gasteiger partial charge is 0.444 e. The van der Waals surface area contributed by atoms with Crippen molar-refractivity contribution in [3.63, 3.8) is 0 Å². The number of carbonyl (C=O) groups is 2. The molecular weight excluding hydrogens is 801 g/mol. The first kappa shape index (κ1) is 42.4. The molecule has 4 aromatic carbocycles. The lowest BCUT2D eigenvalue weighted by molar-refractivity contribution is -0.117. The van der Waals surface area contributed by atoms with Gasteiger partial charge in [0.25, 0.3) is 0 Å². The monoisotopic (exact) mass is 856 g/mol. The molecule has 13 heteroatoms. The Balaban J connectivity index is 0.000000163. The van der Waals surface area contributed by atoms with Gasteiger partial charge >= 0.3 is 6.09 Å². The van der Waals surface area contributed by atoms with Crippen LogP contribution in [0, 0.1) is 0 Å². The molecule has 0 saturated carbocycles. The minimum Gasteiger partial charge on any atom is -0.444 e. The van der Waals surface area contributed by atoms with Crippen LogP contribution in [0.25, 0.3) is 66.1 Å². The minimum absolute atomic E-state index is 0.0639. The molecule has 0 atom stereocenters. The standard InChI is InChI=1S/C27H31N5O2.C24H25N5O/c1-27(2,3)34-26(33)32-13-8-20(9-14-32)30-21-16-22(25-23(17-21)28-10-11-29-25)19-6-5-18-7-12-31(4)24(18)15-19;1-16(30)29(19-5-8-25-9-6-19)20-14-21(24-22(15-20)26-10-11-27-24)18-4-3-17-7-12-28(2)23(17)13-18/h5-7,10-12,15-17,20,30H,8-9,13-14H2,1-4H3;3-4,7,10-15,19,25H,5-6,8-9H2,1-2H3. The summed E-state index contributed by atoms with van der Waals surface area (Å²) in [6.07, 6.45) is 14.4. The predicted octanol–water partition coefficient (Wildman–Crippen LogP) is 9.49. The van der Waals surface area contributed by atoms with E-state index in [1.54, 1.807) is 36.6 Å². The Morgan fingerprint density at radius 3 is 1.81 bits per heavy atom. The first-order chi connectivity index (χ1) is 30.9. The highest BCUT2D eigenvalue weighted by atomic mass is 16.6. The molecule has 2 aliphatic heterocycles. The quantitative estimate of drug-likeness (QED) is 0.168. The van der Waals surface area contributed by atoms with Crippen molar-refractivity contribution in [1.82, 2.24) is 39.3 Å². The van der Waals surface area contributed by atoms with E-state index in [1.165, 1.54) is 16.3 Å². The van der Waals surface area contributed by atoms with Gasteiger partial charge in [-0.05, 0) is 130 Å². The Kier molecular flexibility index (Phi) is 11.8. The van der Waals surface area contributed by atoms with E-state index < -0.39 is 5.60 Å². The number of fused-ring (bicyclic) bond motifs is 4. The van der Waals surface area contributed by atoms with E-state index in [0.717, 1.165) is 100.0 Å². The summed E-state index contributed by atoms with van der Waals surface area (Å²) in [4.78, 5) is 47.2. The Bertz CT molecular complexity index is 2990. The van der Waals surface area contributed by atoms with Crippen molar-refractivity contribution >= 4 is 67.2 Å². The maximum absolute atomic E-state index is 12.7. The van der Waals surface area contributed by atoms with Gasteiger partial charge in [-0.15, -0.1) is 0 Å². The van der Waals surface area contributed by atoms with Crippen LogP contribution in [0.2, 0.25) is 0 Å². The maximum Gasteiger partial charge on any atom is 0.410 e. The summed E-state index contributed by atoms with van der Waals surface area (Å²) in [5.41, 5.74) is 11.4. The van der Waals surface area contributed by atoms with Crippen LogP contribution in [0.15, 0.2) is 110 Å². The number of hydrogen-bond acceptors (Lipinski definition) is 9. The molecule has 0 radical (unpaired) electrons. The van der Waals surface area contributed by atoms with Crippen molar-refractivity contribution < 1.29 is 14.3 Å². The molecule has 6 heterocycles. The topological polar surface area (TPSA) is 135 Å². The zero-order valence-electron chi connectivity index (χ0n) is 37.5. The fourth-order valence-electron chi connectivity index (χ4n) is 9.14. The first-order valence-corrected chi connectivity index (χ1v) is 22.2. The van der Waals surface area contributed by atoms with Crippen LogP contribution in [0.3, 0.4) is 0 Å². The number of nitrogens with zero attached hydrogens (tertiary/aromatic N) is 8. The smallest absolute Gasteiger partial charge is 0.410 e. The molecule has 2 aliphatic rings. The van der Waals surface area contributed by atoms with Crippen LogP contribution >= 0.6 is 0 Å². The molecule has 64 heavy (non-hydrogen) atoms. The zero-order valence-corrected chi connectivity index (χ0v) is 37.5. The van der Waals surface area contributed by atoms with Gasteiger partial charge < -0.3 is 34.3 Å². The lowest BCUT2D eigenvalue weighted by atomic mass is 9.99. The van der Waals surface area contributed by atoms with Crippen molar-refractivity contribution in [1.29, 1.82) is 0 Å². The average Bonchev–Trinajstić information content (AvgIpc) is 3.86. The SMILES string of the molecule is CC(=O)N(c1cc(-c2ccc3ccn(C)c3c2)c2nccnc2c1)C1CCNCC1.Cn1ccc2ccc(-c3cc(NC4CCN(C(=O)OC(C)(C)C)CC4)cc4nccnc34)cc21. The van der Waals surface area contributed by atoms with Crippen LogP contribution in [0.4, 0.5) is 16.2 Å². The fraction of sp³-hybridized carbons (Fsp3) is 0.333. The van der Waals surface area contributed by atoms with Crippen molar-refractivity contribution in [2.75, 3.05) is 36.4 Å². The van der Waals surface area contributed by atoms with Gasteiger partial charge in [-0.2, -0.15) is 0 Å². The second-order valence-corrected chi connectivity index (χ2v) is 18.0. The highest BCUT2D eigenvalue weighted by Crippen LogP contribution is 2.36. The van der Waals surface area contributed by atoms with Crippen molar-refractivity contribution in [2.45, 2.75) is 71.1 Å².